The Kier molecular flexibility index (Phi) is 13.3. The van der Waals surface area contributed by atoms with Gasteiger partial charge < -0.3 is 31.2 Å². The third-order valence-electron chi connectivity index (χ3n) is 4.09. The molecule has 1 aromatic rings. The molecular weight excluding hydrogens is 649 g/mol. The average Bonchev–Trinajstić information content (AvgIpc) is 2.73. The van der Waals surface area contributed by atoms with Crippen molar-refractivity contribution in [3.8, 4) is 0 Å². The third kappa shape index (κ3) is 12.6. The molecule has 1 unspecified atom stereocenters. The zero-order valence-electron chi connectivity index (χ0n) is 16.9. The van der Waals surface area contributed by atoms with Crippen LogP contribution in [0.15, 0.2) is 30.3 Å². The van der Waals surface area contributed by atoms with E-state index in [2.05, 4.69) is 21.3 Å². The van der Waals surface area contributed by atoms with E-state index < -0.39 is 30.4 Å². The van der Waals surface area contributed by atoms with Crippen LogP contribution in [-0.4, -0.2) is 60.9 Å². The molecule has 1 aromatic carbocycles. The van der Waals surface area contributed by atoms with Crippen LogP contribution in [-0.2, 0) is 30.4 Å². The van der Waals surface area contributed by atoms with Gasteiger partial charge in [-0.1, -0.05) is 36.8 Å². The fraction of sp³-hybridized carbons (Fsp3) is 0.450. The van der Waals surface area contributed by atoms with Gasteiger partial charge in [0.1, 0.15) is 6.04 Å². The maximum Gasteiger partial charge on any atom is 0.326 e. The fourth-order valence-corrected chi connectivity index (χ4v) is 2.53. The topological polar surface area (TPSA) is 154 Å². The van der Waals surface area contributed by atoms with Gasteiger partial charge in [0.05, 0.1) is 13.1 Å². The molecule has 0 aliphatic rings. The van der Waals surface area contributed by atoms with Crippen LogP contribution in [0.2, 0.25) is 0 Å². The first-order chi connectivity index (χ1) is 14.4. The van der Waals surface area contributed by atoms with Crippen molar-refractivity contribution < 1.29 is 29.1 Å². The van der Waals surface area contributed by atoms with E-state index in [1.807, 2.05) is 0 Å². The van der Waals surface area contributed by atoms with Crippen molar-refractivity contribution in [2.45, 2.75) is 38.1 Å². The van der Waals surface area contributed by atoms with Gasteiger partial charge in [-0.15, -0.1) is 0 Å². The number of hydrogen-bond acceptors (Lipinski definition) is 5. The molecular formula is C20H27FmN4O6-. The minimum absolute atomic E-state index is 0. The van der Waals surface area contributed by atoms with Crippen molar-refractivity contribution in [2.75, 3.05) is 19.6 Å². The molecule has 1 rings (SSSR count). The molecule has 0 heterocycles. The second kappa shape index (κ2) is 15.5. The third-order valence-corrected chi connectivity index (χ3v) is 4.09. The van der Waals surface area contributed by atoms with Crippen LogP contribution in [0.3, 0.4) is 0 Å². The monoisotopic (exact) mass is 676 g/mol. The summed E-state index contributed by atoms with van der Waals surface area (Å²) in [5, 5.41) is 18.8. The number of nitrogens with one attached hydrogen (secondary N) is 4. The minimum Gasteiger partial charge on any atom is -0.530 e. The van der Waals surface area contributed by atoms with Crippen LogP contribution < -0.4 is 21.3 Å². The van der Waals surface area contributed by atoms with Crippen LogP contribution in [0.5, 0.6) is 0 Å². The average molecular weight is 676 g/mol. The van der Waals surface area contributed by atoms with E-state index in [0.29, 0.717) is 13.0 Å². The van der Waals surface area contributed by atoms with Gasteiger partial charge in [0.25, 0.3) is 0 Å². The SMILES string of the molecule is O=[C-]NCCCCCC(=O)NCC(=O)NCC(=O)NC(Cc1ccccc1)C(=O)O.[Fm]. The summed E-state index contributed by atoms with van der Waals surface area (Å²) in [6, 6.07) is 7.75. The normalized spacial score (nSPS) is 10.7. The van der Waals surface area contributed by atoms with Crippen LogP contribution >= 0.6 is 0 Å². The minimum atomic E-state index is -1.18. The summed E-state index contributed by atoms with van der Waals surface area (Å²) in [6.07, 6.45) is 4.04. The van der Waals surface area contributed by atoms with Gasteiger partial charge in [-0.3, -0.25) is 14.4 Å². The van der Waals surface area contributed by atoms with Gasteiger partial charge in [-0.05, 0) is 24.9 Å². The van der Waals surface area contributed by atoms with E-state index in [4.69, 9.17) is 0 Å². The Morgan fingerprint density at radius 1 is 0.903 bits per heavy atom. The summed E-state index contributed by atoms with van der Waals surface area (Å²) < 4.78 is 0. The van der Waals surface area contributed by atoms with Crippen molar-refractivity contribution >= 4 is 30.1 Å². The molecule has 0 bridgehead atoms. The molecule has 176 valence electrons. The van der Waals surface area contributed by atoms with E-state index in [1.165, 1.54) is 0 Å². The molecule has 0 aliphatic carbocycles. The van der Waals surface area contributed by atoms with Gasteiger partial charge in [-0.25, -0.2) is 4.79 Å². The first kappa shape index (κ1) is 26.6. The molecule has 31 heavy (non-hydrogen) atoms. The largest absolute Gasteiger partial charge is 0.530 e. The molecule has 4 amide bonds. The molecule has 0 saturated heterocycles. The van der Waals surface area contributed by atoms with E-state index in [9.17, 15) is 29.1 Å². The van der Waals surface area contributed by atoms with Crippen LogP contribution in [0.25, 0.3) is 0 Å². The Balaban J connectivity index is 0.00000900. The van der Waals surface area contributed by atoms with Crippen LogP contribution in [0.4, 0.5) is 0 Å². The number of carbonyl (C=O) groups excluding carboxylic acids is 4. The number of carboxylic acid groups (broad SMARTS) is 1. The molecule has 5 N–H and O–H groups in total. The summed E-state index contributed by atoms with van der Waals surface area (Å²) in [6.45, 7) is -0.169. The number of amides is 4. The van der Waals surface area contributed by atoms with Crippen molar-refractivity contribution in [3.05, 3.63) is 35.9 Å². The molecule has 0 spiro atoms. The standard InChI is InChI=1S/C20H27N4O6.Fm/c25-14-21-10-6-2-5-9-17(26)22-12-18(27)23-13-19(28)24-16(20(29)30)11-15-7-3-1-4-8-15;/h1,3-4,7-8,16H,2,5-6,9-13H2,(H,21,25)(H,22,26)(H,23,27)(H,24,28)(H,29,30);/q-1;. The predicted octanol–water partition coefficient (Wildman–Crippen LogP) is -0.752. The smallest absolute Gasteiger partial charge is 0.326 e. The molecule has 0 aromatic heterocycles. The summed E-state index contributed by atoms with van der Waals surface area (Å²) in [7, 11) is 0. The first-order valence-electron chi connectivity index (χ1n) is 9.62. The number of carboxylic acids is 1. The van der Waals surface area contributed by atoms with E-state index in [1.54, 1.807) is 36.7 Å². The van der Waals surface area contributed by atoms with Gasteiger partial charge in [-0.2, -0.15) is 6.41 Å². The molecule has 11 heteroatoms. The van der Waals surface area contributed by atoms with E-state index >= 15 is 0 Å². The van der Waals surface area contributed by atoms with Crippen molar-refractivity contribution in [1.29, 1.82) is 0 Å². The molecule has 0 radical (unpaired) electrons. The predicted molar refractivity (Wildman–Crippen MR) is 108 cm³/mol. The first-order valence-corrected chi connectivity index (χ1v) is 9.62. The Morgan fingerprint density at radius 3 is 2.19 bits per heavy atom. The fourth-order valence-electron chi connectivity index (χ4n) is 2.53. The van der Waals surface area contributed by atoms with Crippen LogP contribution in [0.1, 0.15) is 31.2 Å². The summed E-state index contributed by atoms with van der Waals surface area (Å²) in [4.78, 5) is 56.6. The Bertz CT molecular complexity index is 717. The van der Waals surface area contributed by atoms with Crippen LogP contribution in [0, 0.1) is 0 Å². The molecule has 0 aliphatic heterocycles. The molecule has 1 atom stereocenters. The maximum atomic E-state index is 11.9. The van der Waals surface area contributed by atoms with Gasteiger partial charge >= 0.3 is 5.97 Å². The van der Waals surface area contributed by atoms with E-state index in [0.717, 1.165) is 18.4 Å². The number of hydrogen-bond donors (Lipinski definition) is 5. The second-order valence-corrected chi connectivity index (χ2v) is 6.54. The Morgan fingerprint density at radius 2 is 1.55 bits per heavy atom. The zero-order valence-corrected chi connectivity index (χ0v) is 19.3. The Hall–Kier alpha value is -4.43. The molecule has 0 saturated carbocycles. The number of aliphatic carboxylic acids is 1. The number of carbonyl (C=O) groups is 4. The van der Waals surface area contributed by atoms with Gasteiger partial charge in [0, 0.05) is 12.8 Å². The quantitative estimate of drug-likeness (QED) is 0.0937. The Labute approximate surface area is 174 Å². The summed E-state index contributed by atoms with van der Waals surface area (Å²) in [5.74, 6) is -2.66. The molecule has 0 fully saturated rings. The van der Waals surface area contributed by atoms with Crippen molar-refractivity contribution in [3.63, 3.8) is 0 Å². The van der Waals surface area contributed by atoms with Crippen molar-refractivity contribution in [2.24, 2.45) is 0 Å². The molecule has 10 nitrogen and oxygen atoms in total. The number of unbranched alkanes of at least 4 members (excludes halogenated alkanes) is 2. The number of rotatable bonds is 15. The van der Waals surface area contributed by atoms with Crippen molar-refractivity contribution in [1.82, 2.24) is 21.3 Å². The summed E-state index contributed by atoms with van der Waals surface area (Å²) in [5.41, 5.74) is 0.760. The zero-order chi connectivity index (χ0) is 22.2. The van der Waals surface area contributed by atoms with Gasteiger partial charge in [0.2, 0.25) is 17.7 Å². The summed E-state index contributed by atoms with van der Waals surface area (Å²) >= 11 is 0. The number of benzene rings is 1. The van der Waals surface area contributed by atoms with E-state index in [-0.39, 0.29) is 25.3 Å². The van der Waals surface area contributed by atoms with Gasteiger partial charge in [0.15, 0.2) is 0 Å². The maximum absolute atomic E-state index is 11.9. The second-order valence-electron chi connectivity index (χ2n) is 6.54.